The molecule has 1 unspecified atom stereocenters. The molecule has 0 saturated heterocycles. The third-order valence-electron chi connectivity index (χ3n) is 3.25. The first-order valence-electron chi connectivity index (χ1n) is 7.14. The fraction of sp³-hybridized carbons (Fsp3) is 0.176. The fourth-order valence-corrected chi connectivity index (χ4v) is 2.43. The van der Waals surface area contributed by atoms with Crippen LogP contribution in [0, 0.1) is 0 Å². The average molecular weight is 367 g/mol. The summed E-state index contributed by atoms with van der Waals surface area (Å²) < 4.78 is 4.75. The Kier molecular flexibility index (Phi) is 6.46. The molecule has 2 N–H and O–H groups in total. The zero-order valence-corrected chi connectivity index (χ0v) is 14.4. The zero-order chi connectivity index (χ0) is 17.5. The molecule has 24 heavy (non-hydrogen) atoms. The quantitative estimate of drug-likeness (QED) is 0.788. The van der Waals surface area contributed by atoms with Gasteiger partial charge >= 0.3 is 12.0 Å². The summed E-state index contributed by atoms with van der Waals surface area (Å²) in [5, 5.41) is 5.93. The van der Waals surface area contributed by atoms with E-state index in [0.29, 0.717) is 22.2 Å². The van der Waals surface area contributed by atoms with Gasteiger partial charge in [0.1, 0.15) is 6.04 Å². The molecular weight excluding hydrogens is 351 g/mol. The van der Waals surface area contributed by atoms with E-state index in [1.165, 1.54) is 13.2 Å². The smallest absolute Gasteiger partial charge is 0.328 e. The van der Waals surface area contributed by atoms with Crippen molar-refractivity contribution in [3.63, 3.8) is 0 Å². The van der Waals surface area contributed by atoms with Crippen LogP contribution in [0.5, 0.6) is 0 Å². The van der Waals surface area contributed by atoms with Gasteiger partial charge in [-0.05, 0) is 23.8 Å². The molecule has 0 aromatic heterocycles. The number of halogens is 2. The average Bonchev–Trinajstić information content (AvgIpc) is 2.57. The zero-order valence-electron chi connectivity index (χ0n) is 12.9. The molecule has 2 rings (SSSR count). The van der Waals surface area contributed by atoms with E-state index in [-0.39, 0.29) is 0 Å². The number of carbonyl (C=O) groups excluding carboxylic acids is 2. The van der Waals surface area contributed by atoms with Crippen molar-refractivity contribution >= 4 is 40.9 Å². The summed E-state index contributed by atoms with van der Waals surface area (Å²) in [4.78, 5) is 24.1. The van der Waals surface area contributed by atoms with Gasteiger partial charge in [0.2, 0.25) is 0 Å². The van der Waals surface area contributed by atoms with Crippen LogP contribution in [0.4, 0.5) is 10.5 Å². The highest BCUT2D eigenvalue weighted by Gasteiger charge is 2.22. The number of esters is 1. The predicted molar refractivity (Wildman–Crippen MR) is 94.6 cm³/mol. The van der Waals surface area contributed by atoms with Gasteiger partial charge in [-0.25, -0.2) is 9.59 Å². The molecule has 0 aliphatic rings. The van der Waals surface area contributed by atoms with Crippen LogP contribution in [0.1, 0.15) is 5.56 Å². The number of hydrogen-bond acceptors (Lipinski definition) is 3. The molecule has 0 radical (unpaired) electrons. The maximum atomic E-state index is 12.2. The Labute approximate surface area is 149 Å². The molecule has 7 heteroatoms. The normalized spacial score (nSPS) is 11.5. The second-order valence-corrected chi connectivity index (χ2v) is 5.83. The fourth-order valence-electron chi connectivity index (χ4n) is 2.10. The third kappa shape index (κ3) is 5.15. The number of benzene rings is 2. The molecule has 0 heterocycles. The molecule has 0 fully saturated rings. The van der Waals surface area contributed by atoms with Gasteiger partial charge in [-0.1, -0.05) is 53.5 Å². The number of methoxy groups -OCH3 is 1. The monoisotopic (exact) mass is 366 g/mol. The van der Waals surface area contributed by atoms with E-state index in [0.717, 1.165) is 5.56 Å². The molecule has 2 aromatic rings. The molecular formula is C17H16Cl2N2O3. The molecule has 5 nitrogen and oxygen atoms in total. The van der Waals surface area contributed by atoms with Crippen molar-refractivity contribution < 1.29 is 14.3 Å². The summed E-state index contributed by atoms with van der Waals surface area (Å²) in [6, 6.07) is 12.6. The van der Waals surface area contributed by atoms with E-state index in [2.05, 4.69) is 10.6 Å². The maximum absolute atomic E-state index is 12.2. The minimum atomic E-state index is -0.824. The Morgan fingerprint density at radius 3 is 2.50 bits per heavy atom. The Balaban J connectivity index is 2.07. The maximum Gasteiger partial charge on any atom is 0.328 e. The van der Waals surface area contributed by atoms with Crippen LogP contribution in [-0.2, 0) is 16.0 Å². The summed E-state index contributed by atoms with van der Waals surface area (Å²) in [5.41, 5.74) is 1.25. The van der Waals surface area contributed by atoms with Crippen molar-refractivity contribution in [1.82, 2.24) is 5.32 Å². The first kappa shape index (κ1) is 18.1. The van der Waals surface area contributed by atoms with Gasteiger partial charge in [-0.15, -0.1) is 0 Å². The lowest BCUT2D eigenvalue weighted by atomic mass is 10.1. The van der Waals surface area contributed by atoms with Crippen molar-refractivity contribution in [3.8, 4) is 0 Å². The lowest BCUT2D eigenvalue weighted by Gasteiger charge is -2.17. The predicted octanol–water partition coefficient (Wildman–Crippen LogP) is 3.90. The van der Waals surface area contributed by atoms with E-state index < -0.39 is 18.0 Å². The lowest BCUT2D eigenvalue weighted by molar-refractivity contribution is -0.142. The highest BCUT2D eigenvalue weighted by Crippen LogP contribution is 2.25. The molecule has 0 saturated carbocycles. The Morgan fingerprint density at radius 1 is 1.12 bits per heavy atom. The van der Waals surface area contributed by atoms with E-state index in [9.17, 15) is 9.59 Å². The molecule has 0 aliphatic carbocycles. The number of ether oxygens (including phenoxy) is 1. The van der Waals surface area contributed by atoms with Gasteiger partial charge in [0.15, 0.2) is 0 Å². The Morgan fingerprint density at radius 2 is 1.83 bits per heavy atom. The third-order valence-corrected chi connectivity index (χ3v) is 3.81. The highest BCUT2D eigenvalue weighted by molar-refractivity contribution is 6.35. The number of nitrogens with one attached hydrogen (secondary N) is 2. The van der Waals surface area contributed by atoms with E-state index in [1.54, 1.807) is 12.1 Å². The van der Waals surface area contributed by atoms with Crippen LogP contribution < -0.4 is 10.6 Å². The second kappa shape index (κ2) is 8.57. The highest BCUT2D eigenvalue weighted by atomic mass is 35.5. The van der Waals surface area contributed by atoms with Crippen LogP contribution in [0.15, 0.2) is 48.5 Å². The van der Waals surface area contributed by atoms with Crippen molar-refractivity contribution in [2.45, 2.75) is 12.5 Å². The molecule has 0 bridgehead atoms. The number of urea groups is 1. The second-order valence-electron chi connectivity index (χ2n) is 4.99. The minimum Gasteiger partial charge on any atom is -0.467 e. The van der Waals surface area contributed by atoms with Crippen LogP contribution >= 0.6 is 23.2 Å². The SMILES string of the molecule is COC(=O)C(Cc1ccccc1)NC(=O)Nc1cc(Cl)ccc1Cl. The number of carbonyl (C=O) groups is 2. The topological polar surface area (TPSA) is 67.4 Å². The summed E-state index contributed by atoms with van der Waals surface area (Å²) in [6.45, 7) is 0. The standard InChI is InChI=1S/C17H16Cl2N2O3/c1-24-16(22)15(9-11-5-3-2-4-6-11)21-17(23)20-14-10-12(18)7-8-13(14)19/h2-8,10,15H,9H2,1H3,(H2,20,21,23). The molecule has 2 amide bonds. The summed E-state index contributed by atoms with van der Waals surface area (Å²) in [7, 11) is 1.27. The van der Waals surface area contributed by atoms with Crippen molar-refractivity contribution in [2.75, 3.05) is 12.4 Å². The number of anilines is 1. The van der Waals surface area contributed by atoms with Gasteiger partial charge in [0.25, 0.3) is 0 Å². The number of rotatable bonds is 5. The molecule has 126 valence electrons. The van der Waals surface area contributed by atoms with Crippen molar-refractivity contribution in [1.29, 1.82) is 0 Å². The summed E-state index contributed by atoms with van der Waals surface area (Å²) >= 11 is 11.9. The van der Waals surface area contributed by atoms with Gasteiger partial charge in [-0.3, -0.25) is 0 Å². The summed E-state index contributed by atoms with van der Waals surface area (Å²) in [5.74, 6) is -0.536. The van der Waals surface area contributed by atoms with Gasteiger partial charge in [0.05, 0.1) is 17.8 Å². The Bertz CT molecular complexity index is 723. The van der Waals surface area contributed by atoms with Gasteiger partial charge in [0, 0.05) is 11.4 Å². The van der Waals surface area contributed by atoms with E-state index in [4.69, 9.17) is 27.9 Å². The van der Waals surface area contributed by atoms with Crippen LogP contribution in [0.25, 0.3) is 0 Å². The molecule has 1 atom stereocenters. The molecule has 0 aliphatic heterocycles. The largest absolute Gasteiger partial charge is 0.467 e. The van der Waals surface area contributed by atoms with E-state index in [1.807, 2.05) is 30.3 Å². The Hall–Kier alpha value is -2.24. The summed E-state index contributed by atoms with van der Waals surface area (Å²) in [6.07, 6.45) is 0.310. The van der Waals surface area contributed by atoms with Crippen molar-refractivity contribution in [3.05, 3.63) is 64.1 Å². The van der Waals surface area contributed by atoms with Crippen LogP contribution in [0.3, 0.4) is 0 Å². The minimum absolute atomic E-state index is 0.310. The van der Waals surface area contributed by atoms with Crippen LogP contribution in [0.2, 0.25) is 10.0 Å². The molecule has 0 spiro atoms. The van der Waals surface area contributed by atoms with Crippen LogP contribution in [-0.4, -0.2) is 25.2 Å². The first-order chi connectivity index (χ1) is 11.5. The van der Waals surface area contributed by atoms with Gasteiger partial charge in [-0.2, -0.15) is 0 Å². The van der Waals surface area contributed by atoms with E-state index >= 15 is 0 Å². The number of amides is 2. The molecule has 2 aromatic carbocycles. The van der Waals surface area contributed by atoms with Gasteiger partial charge < -0.3 is 15.4 Å². The number of hydrogen-bond donors (Lipinski definition) is 2. The first-order valence-corrected chi connectivity index (χ1v) is 7.89. The lowest BCUT2D eigenvalue weighted by Crippen LogP contribution is -2.45. The van der Waals surface area contributed by atoms with Crippen molar-refractivity contribution in [2.24, 2.45) is 0 Å².